The van der Waals surface area contributed by atoms with Gasteiger partial charge in [0.2, 0.25) is 5.91 Å². The van der Waals surface area contributed by atoms with Crippen molar-refractivity contribution < 1.29 is 4.79 Å². The summed E-state index contributed by atoms with van der Waals surface area (Å²) in [5.74, 6) is 0.294. The number of amides is 1. The zero-order chi connectivity index (χ0) is 13.8. The molecule has 3 nitrogen and oxygen atoms in total. The highest BCUT2D eigenvalue weighted by atomic mass is 16.2. The number of rotatable bonds is 3. The van der Waals surface area contributed by atoms with Gasteiger partial charge in [-0.3, -0.25) is 4.79 Å². The van der Waals surface area contributed by atoms with Gasteiger partial charge in [0.15, 0.2) is 0 Å². The third-order valence-electron chi connectivity index (χ3n) is 4.50. The van der Waals surface area contributed by atoms with Crippen molar-refractivity contribution >= 4 is 11.6 Å². The van der Waals surface area contributed by atoms with Gasteiger partial charge in [-0.15, -0.1) is 0 Å². The predicted molar refractivity (Wildman–Crippen MR) is 82.0 cm³/mol. The van der Waals surface area contributed by atoms with Gasteiger partial charge in [0.25, 0.3) is 0 Å². The summed E-state index contributed by atoms with van der Waals surface area (Å²) in [5.41, 5.74) is 2.47. The predicted octanol–water partition coefficient (Wildman–Crippen LogP) is 2.84. The van der Waals surface area contributed by atoms with Gasteiger partial charge in [-0.25, -0.2) is 0 Å². The third kappa shape index (κ3) is 3.04. The average Bonchev–Trinajstić information content (AvgIpc) is 2.53. The minimum Gasteiger partial charge on any atom is -0.312 e. The van der Waals surface area contributed by atoms with Gasteiger partial charge in [0.05, 0.1) is 0 Å². The lowest BCUT2D eigenvalue weighted by atomic mass is 10.0. The summed E-state index contributed by atoms with van der Waals surface area (Å²) >= 11 is 0. The monoisotopic (exact) mass is 272 g/mol. The number of piperidine rings is 1. The van der Waals surface area contributed by atoms with Crippen molar-refractivity contribution in [3.8, 4) is 0 Å². The Labute approximate surface area is 121 Å². The van der Waals surface area contributed by atoms with Crippen molar-refractivity contribution in [1.82, 2.24) is 4.90 Å². The molecule has 108 valence electrons. The van der Waals surface area contributed by atoms with Crippen molar-refractivity contribution in [2.45, 2.75) is 38.5 Å². The molecule has 1 aromatic carbocycles. The Morgan fingerprint density at radius 3 is 2.65 bits per heavy atom. The summed E-state index contributed by atoms with van der Waals surface area (Å²) in [5, 5.41) is 0. The lowest BCUT2D eigenvalue weighted by molar-refractivity contribution is -0.119. The highest BCUT2D eigenvalue weighted by Crippen LogP contribution is 2.27. The molecule has 0 N–H and O–H groups in total. The Hall–Kier alpha value is -1.35. The van der Waals surface area contributed by atoms with Gasteiger partial charge in [0, 0.05) is 25.2 Å². The van der Waals surface area contributed by atoms with Crippen LogP contribution >= 0.6 is 0 Å². The molecule has 0 atom stereocenters. The van der Waals surface area contributed by atoms with Gasteiger partial charge < -0.3 is 9.80 Å². The van der Waals surface area contributed by atoms with E-state index in [0.29, 0.717) is 12.3 Å². The van der Waals surface area contributed by atoms with Crippen molar-refractivity contribution in [2.24, 2.45) is 0 Å². The van der Waals surface area contributed by atoms with Crippen LogP contribution in [0.25, 0.3) is 0 Å². The van der Waals surface area contributed by atoms with E-state index in [0.717, 1.165) is 31.6 Å². The van der Waals surface area contributed by atoms with Crippen LogP contribution in [0.1, 0.15) is 37.7 Å². The Balaban J connectivity index is 1.60. The quantitative estimate of drug-likeness (QED) is 0.844. The first-order valence-electron chi connectivity index (χ1n) is 7.95. The number of fused-ring (bicyclic) bond motifs is 1. The standard InChI is InChI=1S/C17H24N2O/c20-17(10-14-18-11-4-1-5-12-18)19-13-6-8-15-7-2-3-9-16(15)19/h2-3,7,9H,1,4-6,8,10-14H2. The maximum absolute atomic E-state index is 12.5. The molecule has 1 aromatic rings. The van der Waals surface area contributed by atoms with Crippen LogP contribution in [-0.4, -0.2) is 37.0 Å². The maximum atomic E-state index is 12.5. The summed E-state index contributed by atoms with van der Waals surface area (Å²) in [4.78, 5) is 16.9. The van der Waals surface area contributed by atoms with Crippen LogP contribution in [0.4, 0.5) is 5.69 Å². The highest BCUT2D eigenvalue weighted by Gasteiger charge is 2.22. The van der Waals surface area contributed by atoms with Gasteiger partial charge in [-0.2, -0.15) is 0 Å². The van der Waals surface area contributed by atoms with E-state index in [1.807, 2.05) is 11.0 Å². The molecule has 3 rings (SSSR count). The first-order valence-corrected chi connectivity index (χ1v) is 7.95. The minimum absolute atomic E-state index is 0.294. The fraction of sp³-hybridized carbons (Fsp3) is 0.588. The van der Waals surface area contributed by atoms with E-state index in [-0.39, 0.29) is 0 Å². The number of para-hydroxylation sites is 1. The zero-order valence-corrected chi connectivity index (χ0v) is 12.2. The Morgan fingerprint density at radius 1 is 1.00 bits per heavy atom. The highest BCUT2D eigenvalue weighted by molar-refractivity contribution is 5.94. The van der Waals surface area contributed by atoms with E-state index in [9.17, 15) is 4.79 Å². The van der Waals surface area contributed by atoms with Crippen molar-refractivity contribution in [2.75, 3.05) is 31.1 Å². The fourth-order valence-corrected chi connectivity index (χ4v) is 3.36. The largest absolute Gasteiger partial charge is 0.312 e. The van der Waals surface area contributed by atoms with E-state index in [2.05, 4.69) is 23.1 Å². The number of benzene rings is 1. The molecule has 20 heavy (non-hydrogen) atoms. The molecular weight excluding hydrogens is 248 g/mol. The smallest absolute Gasteiger partial charge is 0.228 e. The number of aryl methyl sites for hydroxylation is 1. The van der Waals surface area contributed by atoms with E-state index >= 15 is 0 Å². The summed E-state index contributed by atoms with van der Waals surface area (Å²) in [7, 11) is 0. The Kier molecular flexibility index (Phi) is 4.36. The van der Waals surface area contributed by atoms with Gasteiger partial charge in [-0.1, -0.05) is 24.6 Å². The number of hydrogen-bond acceptors (Lipinski definition) is 2. The molecule has 1 saturated heterocycles. The second-order valence-corrected chi connectivity index (χ2v) is 5.93. The molecule has 1 fully saturated rings. The van der Waals surface area contributed by atoms with Gasteiger partial charge in [-0.05, 0) is 50.4 Å². The fourth-order valence-electron chi connectivity index (χ4n) is 3.36. The summed E-state index contributed by atoms with van der Waals surface area (Å²) < 4.78 is 0. The van der Waals surface area contributed by atoms with Crippen molar-refractivity contribution in [3.05, 3.63) is 29.8 Å². The molecule has 2 heterocycles. The van der Waals surface area contributed by atoms with E-state index in [1.165, 1.54) is 37.9 Å². The maximum Gasteiger partial charge on any atom is 0.228 e. The second-order valence-electron chi connectivity index (χ2n) is 5.93. The molecule has 0 radical (unpaired) electrons. The molecule has 0 unspecified atom stereocenters. The van der Waals surface area contributed by atoms with Crippen LogP contribution in [0.2, 0.25) is 0 Å². The molecule has 0 aromatic heterocycles. The van der Waals surface area contributed by atoms with Crippen LogP contribution in [-0.2, 0) is 11.2 Å². The van der Waals surface area contributed by atoms with Crippen LogP contribution < -0.4 is 4.90 Å². The number of carbonyl (C=O) groups is 1. The number of hydrogen-bond donors (Lipinski definition) is 0. The van der Waals surface area contributed by atoms with Crippen LogP contribution in [0.15, 0.2) is 24.3 Å². The van der Waals surface area contributed by atoms with Crippen molar-refractivity contribution in [1.29, 1.82) is 0 Å². The summed E-state index contributed by atoms with van der Waals surface area (Å²) in [6.07, 6.45) is 6.79. The third-order valence-corrected chi connectivity index (χ3v) is 4.50. The molecule has 0 bridgehead atoms. The normalized spacial score (nSPS) is 19.7. The molecule has 0 aliphatic carbocycles. The van der Waals surface area contributed by atoms with E-state index < -0.39 is 0 Å². The van der Waals surface area contributed by atoms with E-state index in [4.69, 9.17) is 0 Å². The first kappa shape index (κ1) is 13.6. The number of carbonyl (C=O) groups excluding carboxylic acids is 1. The molecule has 2 aliphatic rings. The Bertz CT molecular complexity index is 466. The van der Waals surface area contributed by atoms with E-state index in [1.54, 1.807) is 0 Å². The van der Waals surface area contributed by atoms with Crippen molar-refractivity contribution in [3.63, 3.8) is 0 Å². The van der Waals surface area contributed by atoms with Gasteiger partial charge >= 0.3 is 0 Å². The topological polar surface area (TPSA) is 23.6 Å². The lowest BCUT2D eigenvalue weighted by Crippen LogP contribution is -2.38. The molecular formula is C17H24N2O. The number of likely N-dealkylation sites (tertiary alicyclic amines) is 1. The number of anilines is 1. The van der Waals surface area contributed by atoms with Crippen LogP contribution in [0.5, 0.6) is 0 Å². The zero-order valence-electron chi connectivity index (χ0n) is 12.2. The number of nitrogens with zero attached hydrogens (tertiary/aromatic N) is 2. The second kappa shape index (κ2) is 6.40. The van der Waals surface area contributed by atoms with Gasteiger partial charge in [0.1, 0.15) is 0 Å². The molecule has 3 heteroatoms. The van der Waals surface area contributed by atoms with Crippen LogP contribution in [0.3, 0.4) is 0 Å². The molecule has 1 amide bonds. The molecule has 2 aliphatic heterocycles. The van der Waals surface area contributed by atoms with Crippen LogP contribution in [0, 0.1) is 0 Å². The first-order chi connectivity index (χ1) is 9.84. The average molecular weight is 272 g/mol. The minimum atomic E-state index is 0.294. The Morgan fingerprint density at radius 2 is 1.80 bits per heavy atom. The summed E-state index contributed by atoms with van der Waals surface area (Å²) in [6, 6.07) is 8.35. The SMILES string of the molecule is O=C(CCN1CCCCC1)N1CCCc2ccccc21. The lowest BCUT2D eigenvalue weighted by Gasteiger charge is -2.31. The summed E-state index contributed by atoms with van der Waals surface area (Å²) in [6.45, 7) is 4.15. The molecule has 0 saturated carbocycles. The molecule has 0 spiro atoms.